The van der Waals surface area contributed by atoms with Crippen LogP contribution in [0.2, 0.25) is 0 Å². The molecule has 2 aromatic carbocycles. The number of anilines is 2. The second-order valence-electron chi connectivity index (χ2n) is 6.94. The van der Waals surface area contributed by atoms with E-state index in [1.165, 1.54) is 6.07 Å². The fourth-order valence-corrected chi connectivity index (χ4v) is 4.02. The Bertz CT molecular complexity index is 837. The fraction of sp³-hybridized carbons (Fsp3) is 0.381. The van der Waals surface area contributed by atoms with Crippen molar-refractivity contribution in [3.63, 3.8) is 0 Å². The zero-order valence-corrected chi connectivity index (χ0v) is 15.0. The molecule has 0 saturated carbocycles. The number of hydrogen-bond acceptors (Lipinski definition) is 3. The fourth-order valence-electron chi connectivity index (χ4n) is 4.02. The van der Waals surface area contributed by atoms with E-state index in [4.69, 9.17) is 4.74 Å². The summed E-state index contributed by atoms with van der Waals surface area (Å²) >= 11 is 0. The lowest BCUT2D eigenvalue weighted by molar-refractivity contribution is -0.117. The first-order valence-corrected chi connectivity index (χ1v) is 9.16. The van der Waals surface area contributed by atoms with Crippen LogP contribution < -0.4 is 14.5 Å². The molecule has 0 saturated heterocycles. The summed E-state index contributed by atoms with van der Waals surface area (Å²) in [6.07, 6.45) is 3.72. The molecule has 136 valence electrons. The monoisotopic (exact) mass is 354 g/mol. The van der Waals surface area contributed by atoms with Crippen LogP contribution in [0.1, 0.15) is 24.0 Å². The van der Waals surface area contributed by atoms with E-state index in [-0.39, 0.29) is 11.7 Å². The molecule has 0 unspecified atom stereocenters. The minimum Gasteiger partial charge on any atom is -0.497 e. The maximum absolute atomic E-state index is 13.5. The number of aryl methyl sites for hydroxylation is 2. The first kappa shape index (κ1) is 16.9. The largest absolute Gasteiger partial charge is 0.497 e. The predicted molar refractivity (Wildman–Crippen MR) is 101 cm³/mol. The molecule has 2 heterocycles. The SMILES string of the molecule is COc1ccc2c(c1)CCCN2C(=O)CN1CCCc2cc(F)ccc21. The van der Waals surface area contributed by atoms with Crippen molar-refractivity contribution in [1.82, 2.24) is 0 Å². The molecule has 2 aliphatic heterocycles. The number of halogens is 1. The smallest absolute Gasteiger partial charge is 0.246 e. The van der Waals surface area contributed by atoms with Gasteiger partial charge in [0.2, 0.25) is 5.91 Å². The number of ether oxygens (including phenoxy) is 1. The van der Waals surface area contributed by atoms with Crippen LogP contribution in [0.3, 0.4) is 0 Å². The van der Waals surface area contributed by atoms with Gasteiger partial charge in [0.1, 0.15) is 11.6 Å². The minimum absolute atomic E-state index is 0.0910. The van der Waals surface area contributed by atoms with Gasteiger partial charge in [0.05, 0.1) is 13.7 Å². The molecule has 2 aliphatic rings. The summed E-state index contributed by atoms with van der Waals surface area (Å²) in [6, 6.07) is 10.8. The lowest BCUT2D eigenvalue weighted by atomic mass is 10.00. The number of carbonyl (C=O) groups excluding carboxylic acids is 1. The summed E-state index contributed by atoms with van der Waals surface area (Å²) in [7, 11) is 1.66. The third-order valence-corrected chi connectivity index (χ3v) is 5.29. The van der Waals surface area contributed by atoms with Crippen molar-refractivity contribution in [2.24, 2.45) is 0 Å². The summed E-state index contributed by atoms with van der Waals surface area (Å²) < 4.78 is 18.8. The van der Waals surface area contributed by atoms with Gasteiger partial charge in [-0.1, -0.05) is 0 Å². The molecule has 0 bridgehead atoms. The molecule has 4 rings (SSSR count). The number of methoxy groups -OCH3 is 1. The summed E-state index contributed by atoms with van der Waals surface area (Å²) in [5.74, 6) is 0.703. The topological polar surface area (TPSA) is 32.8 Å². The highest BCUT2D eigenvalue weighted by atomic mass is 19.1. The summed E-state index contributed by atoms with van der Waals surface area (Å²) in [5, 5.41) is 0. The number of rotatable bonds is 3. The Labute approximate surface area is 153 Å². The summed E-state index contributed by atoms with van der Waals surface area (Å²) in [5.41, 5.74) is 4.12. The van der Waals surface area contributed by atoms with Crippen molar-refractivity contribution in [2.75, 3.05) is 36.5 Å². The van der Waals surface area contributed by atoms with Crippen molar-refractivity contribution in [2.45, 2.75) is 25.7 Å². The van der Waals surface area contributed by atoms with E-state index < -0.39 is 0 Å². The van der Waals surface area contributed by atoms with Gasteiger partial charge in [0.25, 0.3) is 0 Å². The molecule has 0 atom stereocenters. The van der Waals surface area contributed by atoms with E-state index in [1.54, 1.807) is 19.2 Å². The van der Waals surface area contributed by atoms with Gasteiger partial charge in [-0.05, 0) is 73.2 Å². The van der Waals surface area contributed by atoms with Crippen molar-refractivity contribution in [1.29, 1.82) is 0 Å². The predicted octanol–water partition coefficient (Wildman–Crippen LogP) is 3.57. The molecule has 0 spiro atoms. The Morgan fingerprint density at radius 3 is 2.58 bits per heavy atom. The number of amides is 1. The average Bonchev–Trinajstić information content (AvgIpc) is 2.66. The lowest BCUT2D eigenvalue weighted by Crippen LogP contribution is -2.44. The molecule has 0 fully saturated rings. The molecule has 0 aliphatic carbocycles. The first-order valence-electron chi connectivity index (χ1n) is 9.16. The summed E-state index contributed by atoms with van der Waals surface area (Å²) in [4.78, 5) is 17.0. The highest BCUT2D eigenvalue weighted by Crippen LogP contribution is 2.32. The highest BCUT2D eigenvalue weighted by molar-refractivity contribution is 5.97. The standard InChI is InChI=1S/C21H23FN2O2/c1-26-18-7-9-20-16(13-18)5-3-11-24(20)21(25)14-23-10-2-4-15-12-17(22)6-8-19(15)23/h6-9,12-13H,2-5,10-11,14H2,1H3. The van der Waals surface area contributed by atoms with Crippen molar-refractivity contribution in [3.05, 3.63) is 53.3 Å². The van der Waals surface area contributed by atoms with Gasteiger partial charge in [-0.25, -0.2) is 4.39 Å². The van der Waals surface area contributed by atoms with Crippen molar-refractivity contribution < 1.29 is 13.9 Å². The molecule has 0 aromatic heterocycles. The van der Waals surface area contributed by atoms with Crippen LogP contribution in [0, 0.1) is 5.82 Å². The maximum atomic E-state index is 13.5. The first-order chi connectivity index (χ1) is 12.7. The van der Waals surface area contributed by atoms with Gasteiger partial charge in [-0.3, -0.25) is 4.79 Å². The molecule has 0 N–H and O–H groups in total. The van der Waals surface area contributed by atoms with Gasteiger partial charge in [0.15, 0.2) is 0 Å². The molecule has 0 radical (unpaired) electrons. The van der Waals surface area contributed by atoms with Crippen LogP contribution in [-0.4, -0.2) is 32.7 Å². The van der Waals surface area contributed by atoms with Gasteiger partial charge < -0.3 is 14.5 Å². The number of fused-ring (bicyclic) bond motifs is 2. The van der Waals surface area contributed by atoms with Gasteiger partial charge in [-0.2, -0.15) is 0 Å². The van der Waals surface area contributed by atoms with Crippen molar-refractivity contribution in [3.8, 4) is 5.75 Å². The van der Waals surface area contributed by atoms with E-state index in [2.05, 4.69) is 4.90 Å². The number of carbonyl (C=O) groups is 1. The quantitative estimate of drug-likeness (QED) is 0.845. The van der Waals surface area contributed by atoms with Crippen LogP contribution >= 0.6 is 0 Å². The molecule has 26 heavy (non-hydrogen) atoms. The zero-order valence-electron chi connectivity index (χ0n) is 15.0. The number of hydrogen-bond donors (Lipinski definition) is 0. The van der Waals surface area contributed by atoms with E-state index >= 15 is 0 Å². The second kappa shape index (κ2) is 6.98. The molecule has 2 aromatic rings. The van der Waals surface area contributed by atoms with Crippen LogP contribution in [-0.2, 0) is 17.6 Å². The average molecular weight is 354 g/mol. The normalized spacial score (nSPS) is 16.1. The molecule has 1 amide bonds. The molecule has 4 nitrogen and oxygen atoms in total. The maximum Gasteiger partial charge on any atom is 0.246 e. The number of nitrogens with zero attached hydrogens (tertiary/aromatic N) is 2. The Morgan fingerprint density at radius 2 is 1.77 bits per heavy atom. The minimum atomic E-state index is -0.212. The van der Waals surface area contributed by atoms with Gasteiger partial charge >= 0.3 is 0 Å². The van der Waals surface area contributed by atoms with Crippen LogP contribution in [0.15, 0.2) is 36.4 Å². The van der Waals surface area contributed by atoms with Crippen LogP contribution in [0.25, 0.3) is 0 Å². The summed E-state index contributed by atoms with van der Waals surface area (Å²) in [6.45, 7) is 1.89. The Balaban J connectivity index is 1.56. The van der Waals surface area contributed by atoms with E-state index in [9.17, 15) is 9.18 Å². The van der Waals surface area contributed by atoms with Gasteiger partial charge in [-0.15, -0.1) is 0 Å². The third kappa shape index (κ3) is 3.14. The Morgan fingerprint density at radius 1 is 1.04 bits per heavy atom. The van der Waals surface area contributed by atoms with E-state index in [0.29, 0.717) is 6.54 Å². The van der Waals surface area contributed by atoms with E-state index in [1.807, 2.05) is 23.1 Å². The molecular weight excluding hydrogens is 331 g/mol. The van der Waals surface area contributed by atoms with Crippen molar-refractivity contribution >= 4 is 17.3 Å². The molecule has 5 heteroatoms. The Kier molecular flexibility index (Phi) is 4.53. The Hall–Kier alpha value is -2.56. The van der Waals surface area contributed by atoms with Crippen LogP contribution in [0.4, 0.5) is 15.8 Å². The second-order valence-corrected chi connectivity index (χ2v) is 6.94. The third-order valence-electron chi connectivity index (χ3n) is 5.29. The lowest BCUT2D eigenvalue weighted by Gasteiger charge is -2.35. The van der Waals surface area contributed by atoms with E-state index in [0.717, 1.165) is 67.0 Å². The van der Waals surface area contributed by atoms with Crippen LogP contribution in [0.5, 0.6) is 5.75 Å². The zero-order chi connectivity index (χ0) is 18.1. The van der Waals surface area contributed by atoms with Gasteiger partial charge in [0, 0.05) is 24.5 Å². The number of benzene rings is 2. The molecular formula is C21H23FN2O2. The highest BCUT2D eigenvalue weighted by Gasteiger charge is 2.26.